The second kappa shape index (κ2) is 6.54. The molecule has 0 aliphatic heterocycles. The highest BCUT2D eigenvalue weighted by atomic mass is 32.1. The van der Waals surface area contributed by atoms with E-state index in [1.165, 1.54) is 5.56 Å². The molecule has 4 nitrogen and oxygen atoms in total. The summed E-state index contributed by atoms with van der Waals surface area (Å²) in [6, 6.07) is 10.7. The molecule has 0 spiro atoms. The van der Waals surface area contributed by atoms with Crippen LogP contribution in [0.15, 0.2) is 35.4 Å². The molecule has 1 heterocycles. The summed E-state index contributed by atoms with van der Waals surface area (Å²) in [4.78, 5) is 0. The van der Waals surface area contributed by atoms with Crippen LogP contribution in [-0.2, 0) is 6.42 Å². The fourth-order valence-corrected chi connectivity index (χ4v) is 2.41. The molecule has 0 amide bonds. The molecular formula is C16H20N4S. The molecule has 3 N–H and O–H groups in total. The van der Waals surface area contributed by atoms with Gasteiger partial charge in [-0.15, -0.1) is 0 Å². The van der Waals surface area contributed by atoms with Crippen LogP contribution in [0.1, 0.15) is 29.4 Å². The molecule has 0 bridgehead atoms. The molecular weight excluding hydrogens is 280 g/mol. The summed E-state index contributed by atoms with van der Waals surface area (Å²) in [6.45, 7) is 6.31. The van der Waals surface area contributed by atoms with Gasteiger partial charge in [0.25, 0.3) is 0 Å². The van der Waals surface area contributed by atoms with Gasteiger partial charge in [-0.05, 0) is 56.2 Å². The zero-order valence-corrected chi connectivity index (χ0v) is 13.4. The van der Waals surface area contributed by atoms with E-state index < -0.39 is 0 Å². The van der Waals surface area contributed by atoms with E-state index in [2.05, 4.69) is 66.2 Å². The van der Waals surface area contributed by atoms with Crippen molar-refractivity contribution in [2.24, 2.45) is 10.8 Å². The Morgan fingerprint density at radius 3 is 2.57 bits per heavy atom. The van der Waals surface area contributed by atoms with Gasteiger partial charge in [-0.25, -0.2) is 0 Å². The van der Waals surface area contributed by atoms with Gasteiger partial charge in [-0.1, -0.05) is 19.1 Å². The van der Waals surface area contributed by atoms with Crippen LogP contribution >= 0.6 is 12.2 Å². The highest BCUT2D eigenvalue weighted by molar-refractivity contribution is 7.80. The van der Waals surface area contributed by atoms with Gasteiger partial charge in [-0.3, -0.25) is 5.43 Å². The Bertz CT molecular complexity index is 668. The zero-order chi connectivity index (χ0) is 15.4. The lowest BCUT2D eigenvalue weighted by atomic mass is 10.1. The summed E-state index contributed by atoms with van der Waals surface area (Å²) in [6.07, 6.45) is 2.78. The molecule has 1 aromatic carbocycles. The Morgan fingerprint density at radius 2 is 2.00 bits per heavy atom. The van der Waals surface area contributed by atoms with Crippen molar-refractivity contribution < 1.29 is 0 Å². The molecule has 1 aromatic heterocycles. The average molecular weight is 300 g/mol. The molecule has 0 fully saturated rings. The van der Waals surface area contributed by atoms with Crippen LogP contribution in [0.4, 0.5) is 0 Å². The Kier molecular flexibility index (Phi) is 4.75. The summed E-state index contributed by atoms with van der Waals surface area (Å²) in [5, 5.41) is 4.19. The van der Waals surface area contributed by atoms with Crippen molar-refractivity contribution in [1.29, 1.82) is 0 Å². The Hall–Kier alpha value is -2.14. The van der Waals surface area contributed by atoms with Gasteiger partial charge in [-0.2, -0.15) is 5.10 Å². The maximum absolute atomic E-state index is 5.35. The quantitative estimate of drug-likeness (QED) is 0.518. The van der Waals surface area contributed by atoms with Crippen molar-refractivity contribution in [2.45, 2.75) is 27.2 Å². The first-order valence-electron chi connectivity index (χ1n) is 6.89. The Morgan fingerprint density at radius 1 is 1.33 bits per heavy atom. The summed E-state index contributed by atoms with van der Waals surface area (Å²) in [7, 11) is 0. The molecule has 0 saturated heterocycles. The summed E-state index contributed by atoms with van der Waals surface area (Å²) in [5.74, 6) is 0. The lowest BCUT2D eigenvalue weighted by Crippen LogP contribution is -2.24. The van der Waals surface area contributed by atoms with Crippen molar-refractivity contribution >= 4 is 23.5 Å². The van der Waals surface area contributed by atoms with E-state index in [0.717, 1.165) is 29.1 Å². The van der Waals surface area contributed by atoms with Crippen molar-refractivity contribution in [3.63, 3.8) is 0 Å². The van der Waals surface area contributed by atoms with Crippen LogP contribution < -0.4 is 11.2 Å². The van der Waals surface area contributed by atoms with Crippen LogP contribution in [0.2, 0.25) is 0 Å². The number of hydrazone groups is 1. The molecule has 0 aliphatic rings. The first-order valence-corrected chi connectivity index (χ1v) is 7.30. The Labute approximate surface area is 130 Å². The first kappa shape index (κ1) is 15.3. The molecule has 21 heavy (non-hydrogen) atoms. The average Bonchev–Trinajstić information content (AvgIpc) is 2.73. The number of benzene rings is 1. The van der Waals surface area contributed by atoms with Crippen LogP contribution in [-0.4, -0.2) is 15.9 Å². The number of hydrogen-bond acceptors (Lipinski definition) is 2. The maximum Gasteiger partial charge on any atom is 0.184 e. The van der Waals surface area contributed by atoms with Crippen LogP contribution in [0.3, 0.4) is 0 Å². The first-order chi connectivity index (χ1) is 10.0. The molecule has 0 aliphatic carbocycles. The minimum Gasteiger partial charge on any atom is -0.375 e. The van der Waals surface area contributed by atoms with Crippen molar-refractivity contribution in [1.82, 2.24) is 9.99 Å². The predicted octanol–water partition coefficient (Wildman–Crippen LogP) is 2.82. The maximum atomic E-state index is 5.35. The van der Waals surface area contributed by atoms with E-state index in [-0.39, 0.29) is 5.11 Å². The third-order valence-electron chi connectivity index (χ3n) is 3.45. The lowest BCUT2D eigenvalue weighted by molar-refractivity contribution is 0.961. The minimum atomic E-state index is 0.162. The standard InChI is InChI=1S/C16H20N4S/c1-4-13-5-7-15(8-6-13)20-11(2)9-14(12(20)3)10-18-19-16(17)21/h5-10H,4H2,1-3H3,(H3,17,19,21)/b18-10-. The van der Waals surface area contributed by atoms with Crippen LogP contribution in [0, 0.1) is 13.8 Å². The van der Waals surface area contributed by atoms with Gasteiger partial charge in [0, 0.05) is 22.6 Å². The molecule has 0 atom stereocenters. The van der Waals surface area contributed by atoms with Gasteiger partial charge in [0.05, 0.1) is 6.21 Å². The van der Waals surface area contributed by atoms with Gasteiger partial charge >= 0.3 is 0 Å². The second-order valence-electron chi connectivity index (χ2n) is 4.92. The number of nitrogens with one attached hydrogen (secondary N) is 1. The molecule has 5 heteroatoms. The van der Waals surface area contributed by atoms with Crippen LogP contribution in [0.5, 0.6) is 0 Å². The second-order valence-corrected chi connectivity index (χ2v) is 5.36. The molecule has 110 valence electrons. The highest BCUT2D eigenvalue weighted by Gasteiger charge is 2.09. The van der Waals surface area contributed by atoms with E-state index in [1.807, 2.05) is 0 Å². The van der Waals surface area contributed by atoms with E-state index in [9.17, 15) is 0 Å². The predicted molar refractivity (Wildman–Crippen MR) is 92.1 cm³/mol. The van der Waals surface area contributed by atoms with Crippen molar-refractivity contribution in [3.05, 3.63) is 52.8 Å². The van der Waals surface area contributed by atoms with Gasteiger partial charge < -0.3 is 10.3 Å². The third kappa shape index (κ3) is 3.49. The zero-order valence-electron chi connectivity index (χ0n) is 12.6. The monoisotopic (exact) mass is 300 g/mol. The van der Waals surface area contributed by atoms with Gasteiger partial charge in [0.15, 0.2) is 5.11 Å². The van der Waals surface area contributed by atoms with E-state index in [1.54, 1.807) is 6.21 Å². The van der Waals surface area contributed by atoms with E-state index >= 15 is 0 Å². The number of aromatic nitrogens is 1. The minimum absolute atomic E-state index is 0.162. The van der Waals surface area contributed by atoms with Crippen molar-refractivity contribution in [3.8, 4) is 5.69 Å². The number of thiocarbonyl (C=S) groups is 1. The fraction of sp³-hybridized carbons (Fsp3) is 0.250. The third-order valence-corrected chi connectivity index (χ3v) is 3.54. The largest absolute Gasteiger partial charge is 0.375 e. The number of rotatable bonds is 4. The van der Waals surface area contributed by atoms with E-state index in [4.69, 9.17) is 18.0 Å². The summed E-state index contributed by atoms with van der Waals surface area (Å²) < 4.78 is 2.21. The molecule has 2 aromatic rings. The lowest BCUT2D eigenvalue weighted by Gasteiger charge is -2.10. The smallest absolute Gasteiger partial charge is 0.184 e. The van der Waals surface area contributed by atoms with Crippen LogP contribution in [0.25, 0.3) is 5.69 Å². The molecule has 0 saturated carbocycles. The fourth-order valence-electron chi connectivity index (χ4n) is 2.36. The molecule has 0 unspecified atom stereocenters. The van der Waals surface area contributed by atoms with Gasteiger partial charge in [0.2, 0.25) is 0 Å². The Balaban J connectivity index is 2.34. The highest BCUT2D eigenvalue weighted by Crippen LogP contribution is 2.20. The number of aryl methyl sites for hydroxylation is 2. The number of nitrogens with zero attached hydrogens (tertiary/aromatic N) is 2. The van der Waals surface area contributed by atoms with Gasteiger partial charge in [0.1, 0.15) is 0 Å². The SMILES string of the molecule is CCc1ccc(-n2c(C)cc(/C=N\NC(N)=S)c2C)cc1. The number of nitrogens with two attached hydrogens (primary N) is 1. The summed E-state index contributed by atoms with van der Waals surface area (Å²) >= 11 is 4.72. The topological polar surface area (TPSA) is 55.3 Å². The van der Waals surface area contributed by atoms with Crippen molar-refractivity contribution in [2.75, 3.05) is 0 Å². The van der Waals surface area contributed by atoms with E-state index in [0.29, 0.717) is 0 Å². The normalized spacial score (nSPS) is 11.0. The summed E-state index contributed by atoms with van der Waals surface area (Å²) in [5.41, 5.74) is 13.7. The molecule has 2 rings (SSSR count). The molecule has 0 radical (unpaired) electrons. The number of hydrogen-bond donors (Lipinski definition) is 2.